The van der Waals surface area contributed by atoms with E-state index in [1.165, 1.54) is 19.2 Å². The summed E-state index contributed by atoms with van der Waals surface area (Å²) in [6, 6.07) is 2.71. The number of carbonyl (C=O) groups excluding carboxylic acids is 1. The van der Waals surface area contributed by atoms with Crippen molar-refractivity contribution in [3.8, 4) is 5.75 Å². The van der Waals surface area contributed by atoms with Crippen LogP contribution in [-0.4, -0.2) is 31.6 Å². The highest BCUT2D eigenvalue weighted by atomic mass is 79.9. The molecule has 1 aromatic carbocycles. The number of halogens is 2. The topological polar surface area (TPSA) is 127 Å². The minimum Gasteiger partial charge on any atom is -0.494 e. The van der Waals surface area contributed by atoms with Crippen molar-refractivity contribution in [3.05, 3.63) is 33.4 Å². The largest absolute Gasteiger partial charge is 0.494 e. The number of benzene rings is 1. The average molecular weight is 410 g/mol. The van der Waals surface area contributed by atoms with Crippen molar-refractivity contribution in [1.82, 2.24) is 10.2 Å². The van der Waals surface area contributed by atoms with Gasteiger partial charge in [0.2, 0.25) is 0 Å². The molecule has 0 atom stereocenters. The maximum absolute atomic E-state index is 12.5. The Morgan fingerprint density at radius 2 is 2.18 bits per heavy atom. The molecule has 0 saturated heterocycles. The molecule has 22 heavy (non-hydrogen) atoms. The Bertz CT molecular complexity index is 837. The first-order valence-electron chi connectivity index (χ1n) is 5.65. The lowest BCUT2D eigenvalue weighted by molar-refractivity contribution is 0.100. The number of hydrogen-bond donors (Lipinski definition) is 3. The molecule has 0 aliphatic carbocycles. The Kier molecular flexibility index (Phi) is 4.63. The second-order valence-corrected chi connectivity index (χ2v) is 6.99. The fraction of sp³-hybridized carbons (Fsp3) is 0.0909. The number of amides is 1. The number of ether oxygens (including phenoxy) is 1. The summed E-state index contributed by atoms with van der Waals surface area (Å²) in [6.07, 6.45) is 1.12. The standard InChI is InChI=1S/C11H10BrClN4O4S/c1-21-9-7(12)2-5(13)3-8(9)22(19,20)17-11-6(10(14)18)4-15-16-11/h2-4H,1H3,(H2,14,18)(H2,15,16,17). The lowest BCUT2D eigenvalue weighted by Gasteiger charge is -2.13. The Hall–Kier alpha value is -1.78. The van der Waals surface area contributed by atoms with Crippen LogP contribution in [0.4, 0.5) is 5.82 Å². The van der Waals surface area contributed by atoms with Crippen LogP contribution in [0.25, 0.3) is 0 Å². The van der Waals surface area contributed by atoms with E-state index in [0.717, 1.165) is 6.20 Å². The lowest BCUT2D eigenvalue weighted by Crippen LogP contribution is -2.18. The number of nitrogens with one attached hydrogen (secondary N) is 2. The van der Waals surface area contributed by atoms with Gasteiger partial charge in [0.15, 0.2) is 5.75 Å². The minimum atomic E-state index is -4.10. The molecule has 0 spiro atoms. The Balaban J connectivity index is 2.52. The third kappa shape index (κ3) is 3.18. The minimum absolute atomic E-state index is 0.0667. The molecular formula is C11H10BrClN4O4S. The van der Waals surface area contributed by atoms with Crippen LogP contribution >= 0.6 is 27.5 Å². The van der Waals surface area contributed by atoms with E-state index in [2.05, 4.69) is 30.8 Å². The Morgan fingerprint density at radius 3 is 2.77 bits per heavy atom. The van der Waals surface area contributed by atoms with Crippen LogP contribution in [0.3, 0.4) is 0 Å². The summed E-state index contributed by atoms with van der Waals surface area (Å²) in [5.74, 6) is -0.909. The molecule has 118 valence electrons. The van der Waals surface area contributed by atoms with Crippen LogP contribution in [0.15, 0.2) is 27.7 Å². The van der Waals surface area contributed by atoms with Crippen LogP contribution in [0.5, 0.6) is 5.75 Å². The highest BCUT2D eigenvalue weighted by molar-refractivity contribution is 9.10. The zero-order valence-corrected chi connectivity index (χ0v) is 14.2. The summed E-state index contributed by atoms with van der Waals surface area (Å²) in [5, 5.41) is 6.12. The van der Waals surface area contributed by atoms with Crippen LogP contribution in [0.1, 0.15) is 10.4 Å². The molecule has 1 aromatic heterocycles. The first kappa shape index (κ1) is 16.6. The van der Waals surface area contributed by atoms with Gasteiger partial charge in [-0.05, 0) is 28.1 Å². The van der Waals surface area contributed by atoms with E-state index in [1.54, 1.807) is 0 Å². The summed E-state index contributed by atoms with van der Waals surface area (Å²) in [7, 11) is -2.78. The van der Waals surface area contributed by atoms with Gasteiger partial charge in [0.1, 0.15) is 16.3 Å². The fourth-order valence-electron chi connectivity index (χ4n) is 1.67. The van der Waals surface area contributed by atoms with E-state index in [0.29, 0.717) is 4.47 Å². The molecular weight excluding hydrogens is 400 g/mol. The molecule has 1 amide bonds. The second-order valence-electron chi connectivity index (χ2n) is 4.05. The number of carbonyl (C=O) groups is 1. The number of nitrogens with two attached hydrogens (primary N) is 1. The third-order valence-corrected chi connectivity index (χ3v) is 4.77. The summed E-state index contributed by atoms with van der Waals surface area (Å²) in [5.41, 5.74) is 5.04. The smallest absolute Gasteiger partial charge is 0.266 e. The average Bonchev–Trinajstić information content (AvgIpc) is 2.85. The quantitative estimate of drug-likeness (QED) is 0.693. The summed E-state index contributed by atoms with van der Waals surface area (Å²) >= 11 is 9.05. The number of sulfonamides is 1. The molecule has 2 aromatic rings. The summed E-state index contributed by atoms with van der Waals surface area (Å²) in [4.78, 5) is 11.0. The van der Waals surface area contributed by atoms with E-state index in [9.17, 15) is 13.2 Å². The molecule has 0 aliphatic heterocycles. The third-order valence-electron chi connectivity index (χ3n) is 2.61. The van der Waals surface area contributed by atoms with Gasteiger partial charge in [-0.3, -0.25) is 14.6 Å². The van der Waals surface area contributed by atoms with Crippen molar-refractivity contribution >= 4 is 49.3 Å². The molecule has 2 rings (SSSR count). The number of hydrogen-bond acceptors (Lipinski definition) is 5. The molecule has 0 saturated carbocycles. The predicted octanol–water partition coefficient (Wildman–Crippen LogP) is 1.73. The highest BCUT2D eigenvalue weighted by Crippen LogP contribution is 2.36. The number of aromatic amines is 1. The van der Waals surface area contributed by atoms with Gasteiger partial charge in [-0.1, -0.05) is 11.6 Å². The van der Waals surface area contributed by atoms with Crippen LogP contribution in [-0.2, 0) is 10.0 Å². The zero-order chi connectivity index (χ0) is 16.5. The number of aromatic nitrogens is 2. The molecule has 8 nitrogen and oxygen atoms in total. The lowest BCUT2D eigenvalue weighted by atomic mass is 10.3. The highest BCUT2D eigenvalue weighted by Gasteiger charge is 2.25. The van der Waals surface area contributed by atoms with Crippen molar-refractivity contribution in [1.29, 1.82) is 0 Å². The molecule has 0 aliphatic rings. The summed E-state index contributed by atoms with van der Waals surface area (Å²) < 4.78 is 32.6. The van der Waals surface area contributed by atoms with Crippen LogP contribution in [0.2, 0.25) is 5.02 Å². The predicted molar refractivity (Wildman–Crippen MR) is 83.6 cm³/mol. The maximum atomic E-state index is 12.5. The molecule has 4 N–H and O–H groups in total. The van der Waals surface area contributed by atoms with E-state index in [-0.39, 0.29) is 27.0 Å². The first-order valence-corrected chi connectivity index (χ1v) is 8.30. The van der Waals surface area contributed by atoms with Crippen molar-refractivity contribution in [2.75, 3.05) is 11.8 Å². The fourth-order valence-corrected chi connectivity index (χ4v) is 4.10. The van der Waals surface area contributed by atoms with Gasteiger partial charge >= 0.3 is 0 Å². The molecule has 11 heteroatoms. The van der Waals surface area contributed by atoms with Crippen molar-refractivity contribution in [2.24, 2.45) is 5.73 Å². The van der Waals surface area contributed by atoms with E-state index in [1.807, 2.05) is 0 Å². The maximum Gasteiger partial charge on any atom is 0.266 e. The van der Waals surface area contributed by atoms with E-state index < -0.39 is 15.9 Å². The van der Waals surface area contributed by atoms with Crippen molar-refractivity contribution < 1.29 is 17.9 Å². The van der Waals surface area contributed by atoms with Crippen LogP contribution in [0, 0.1) is 0 Å². The van der Waals surface area contributed by atoms with Gasteiger partial charge < -0.3 is 10.5 Å². The SMILES string of the molecule is COc1c(Br)cc(Cl)cc1S(=O)(=O)Nc1[nH]ncc1C(N)=O. The molecule has 0 unspecified atom stereocenters. The van der Waals surface area contributed by atoms with E-state index in [4.69, 9.17) is 22.1 Å². The molecule has 0 fully saturated rings. The molecule has 0 bridgehead atoms. The van der Waals surface area contributed by atoms with Gasteiger partial charge in [-0.25, -0.2) is 8.42 Å². The van der Waals surface area contributed by atoms with Gasteiger partial charge in [0.05, 0.1) is 17.8 Å². The number of primary amides is 1. The molecule has 1 heterocycles. The van der Waals surface area contributed by atoms with Crippen LogP contribution < -0.4 is 15.2 Å². The van der Waals surface area contributed by atoms with Gasteiger partial charge in [0.25, 0.3) is 15.9 Å². The number of H-pyrrole nitrogens is 1. The Labute approximate surface area is 139 Å². The number of methoxy groups -OCH3 is 1. The normalized spacial score (nSPS) is 11.2. The van der Waals surface area contributed by atoms with Crippen molar-refractivity contribution in [2.45, 2.75) is 4.90 Å². The number of anilines is 1. The Morgan fingerprint density at radius 1 is 1.50 bits per heavy atom. The van der Waals surface area contributed by atoms with Gasteiger partial charge in [-0.15, -0.1) is 0 Å². The van der Waals surface area contributed by atoms with Gasteiger partial charge in [0, 0.05) is 5.02 Å². The van der Waals surface area contributed by atoms with E-state index >= 15 is 0 Å². The number of rotatable bonds is 5. The summed E-state index contributed by atoms with van der Waals surface area (Å²) in [6.45, 7) is 0. The molecule has 0 radical (unpaired) electrons. The second kappa shape index (κ2) is 6.15. The number of nitrogens with zero attached hydrogens (tertiary/aromatic N) is 1. The first-order chi connectivity index (χ1) is 10.3. The monoisotopic (exact) mass is 408 g/mol. The van der Waals surface area contributed by atoms with Gasteiger partial charge in [-0.2, -0.15) is 5.10 Å². The van der Waals surface area contributed by atoms with Crippen molar-refractivity contribution in [3.63, 3.8) is 0 Å². The zero-order valence-electron chi connectivity index (χ0n) is 11.1.